The minimum atomic E-state index is 0.350. The fourth-order valence-electron chi connectivity index (χ4n) is 3.07. The molecule has 2 aromatic heterocycles. The van der Waals surface area contributed by atoms with Gasteiger partial charge in [-0.1, -0.05) is 17.7 Å². The van der Waals surface area contributed by atoms with E-state index in [0.29, 0.717) is 40.0 Å². The van der Waals surface area contributed by atoms with Crippen LogP contribution < -0.4 is 15.8 Å². The highest BCUT2D eigenvalue weighted by molar-refractivity contribution is 6.33. The van der Waals surface area contributed by atoms with Gasteiger partial charge in [0.15, 0.2) is 0 Å². The molecule has 0 atom stereocenters. The lowest BCUT2D eigenvalue weighted by molar-refractivity contribution is 0.300. The predicted octanol–water partition coefficient (Wildman–Crippen LogP) is 5.37. The predicted molar refractivity (Wildman–Crippen MR) is 119 cm³/mol. The lowest BCUT2D eigenvalue weighted by Crippen LogP contribution is -2.01. The van der Waals surface area contributed by atoms with Gasteiger partial charge in [-0.15, -0.1) is 0 Å². The second-order valence-corrected chi connectivity index (χ2v) is 7.16. The van der Waals surface area contributed by atoms with Gasteiger partial charge in [0.2, 0.25) is 0 Å². The van der Waals surface area contributed by atoms with E-state index in [1.54, 1.807) is 24.4 Å². The van der Waals surface area contributed by atoms with E-state index in [2.05, 4.69) is 21.4 Å². The maximum absolute atomic E-state index is 9.52. The lowest BCUT2D eigenvalue weighted by atomic mass is 10.1. The first-order valence-electron chi connectivity index (χ1n) is 9.23. The summed E-state index contributed by atoms with van der Waals surface area (Å²) in [5.74, 6) is 0.625. The Hall–Kier alpha value is -3.82. The van der Waals surface area contributed by atoms with Gasteiger partial charge >= 0.3 is 0 Å². The van der Waals surface area contributed by atoms with E-state index in [4.69, 9.17) is 22.1 Å². The van der Waals surface area contributed by atoms with Crippen LogP contribution in [0.1, 0.15) is 16.8 Å². The van der Waals surface area contributed by atoms with Gasteiger partial charge in [-0.3, -0.25) is 9.97 Å². The van der Waals surface area contributed by atoms with Crippen LogP contribution in [-0.2, 0) is 6.61 Å². The zero-order valence-corrected chi connectivity index (χ0v) is 16.9. The Morgan fingerprint density at radius 2 is 2.03 bits per heavy atom. The molecule has 4 aromatic rings. The number of nitrogens with zero attached hydrogens (tertiary/aromatic N) is 3. The number of hydrogen-bond acceptors (Lipinski definition) is 6. The number of pyridine rings is 2. The van der Waals surface area contributed by atoms with Gasteiger partial charge in [0.1, 0.15) is 18.4 Å². The molecule has 30 heavy (non-hydrogen) atoms. The Morgan fingerprint density at radius 1 is 1.17 bits per heavy atom. The Labute approximate surface area is 178 Å². The van der Waals surface area contributed by atoms with Gasteiger partial charge in [0, 0.05) is 29.5 Å². The average Bonchev–Trinajstić information content (AvgIpc) is 2.75. The third kappa shape index (κ3) is 3.97. The first kappa shape index (κ1) is 19.5. The quantitative estimate of drug-likeness (QED) is 0.425. The number of ether oxygens (including phenoxy) is 1. The molecule has 0 radical (unpaired) electrons. The largest absolute Gasteiger partial charge is 0.487 e. The molecule has 0 aliphatic heterocycles. The standard InChI is InChI=1S/C23H18ClN5O/c1-14-3-2-8-27-22(14)13-30-17-5-7-21(19(24)10-17)29-23-15(11-25)12-28-20-6-4-16(26)9-18(20)23/h2-10,12H,13,26H2,1H3,(H,28,29). The van der Waals surface area contributed by atoms with Crippen LogP contribution in [0.25, 0.3) is 10.9 Å². The molecule has 0 aliphatic rings. The average molecular weight is 416 g/mol. The number of fused-ring (bicyclic) bond motifs is 1. The number of rotatable bonds is 5. The molecule has 0 saturated heterocycles. The Morgan fingerprint density at radius 3 is 2.80 bits per heavy atom. The number of hydrogen-bond donors (Lipinski definition) is 2. The molecule has 0 fully saturated rings. The minimum absolute atomic E-state index is 0.350. The van der Waals surface area contributed by atoms with E-state index in [1.807, 2.05) is 37.3 Å². The van der Waals surface area contributed by atoms with Crippen molar-refractivity contribution in [3.05, 3.63) is 82.8 Å². The molecule has 2 heterocycles. The number of nitrogens with one attached hydrogen (secondary N) is 1. The number of benzene rings is 2. The Kier molecular flexibility index (Phi) is 5.38. The Bertz CT molecular complexity index is 1280. The third-order valence-electron chi connectivity index (χ3n) is 4.71. The number of anilines is 3. The number of nitrogens with two attached hydrogens (primary N) is 1. The van der Waals surface area contributed by atoms with Gasteiger partial charge in [0.25, 0.3) is 0 Å². The highest BCUT2D eigenvalue weighted by Crippen LogP contribution is 2.34. The second-order valence-electron chi connectivity index (χ2n) is 6.76. The van der Waals surface area contributed by atoms with Crippen LogP contribution >= 0.6 is 11.6 Å². The Balaban J connectivity index is 1.61. The van der Waals surface area contributed by atoms with Crippen LogP contribution in [0, 0.1) is 18.3 Å². The van der Waals surface area contributed by atoms with Crippen molar-refractivity contribution >= 4 is 39.6 Å². The van der Waals surface area contributed by atoms with Crippen molar-refractivity contribution in [2.24, 2.45) is 0 Å². The zero-order chi connectivity index (χ0) is 21.1. The molecule has 0 spiro atoms. The fourth-order valence-corrected chi connectivity index (χ4v) is 3.29. The molecule has 4 rings (SSSR count). The topological polar surface area (TPSA) is 96.8 Å². The summed E-state index contributed by atoms with van der Waals surface area (Å²) in [6, 6.07) is 16.8. The summed E-state index contributed by atoms with van der Waals surface area (Å²) in [6.45, 7) is 2.34. The molecule has 0 saturated carbocycles. The highest BCUT2D eigenvalue weighted by Gasteiger charge is 2.12. The molecule has 6 nitrogen and oxygen atoms in total. The van der Waals surface area contributed by atoms with Crippen molar-refractivity contribution in [3.8, 4) is 11.8 Å². The summed E-state index contributed by atoms with van der Waals surface area (Å²) >= 11 is 6.49. The summed E-state index contributed by atoms with van der Waals surface area (Å²) in [4.78, 5) is 8.64. The van der Waals surface area contributed by atoms with Gasteiger partial charge in [0.05, 0.1) is 33.2 Å². The summed E-state index contributed by atoms with van der Waals surface area (Å²) < 4.78 is 5.84. The summed E-state index contributed by atoms with van der Waals surface area (Å²) in [5, 5.41) is 14.0. The molecular weight excluding hydrogens is 398 g/mol. The van der Waals surface area contributed by atoms with Crippen molar-refractivity contribution in [1.82, 2.24) is 9.97 Å². The van der Waals surface area contributed by atoms with Gasteiger partial charge < -0.3 is 15.8 Å². The number of aromatic nitrogens is 2. The van der Waals surface area contributed by atoms with E-state index >= 15 is 0 Å². The summed E-state index contributed by atoms with van der Waals surface area (Å²) in [6.07, 6.45) is 3.27. The number of nitriles is 1. The van der Waals surface area contributed by atoms with E-state index in [9.17, 15) is 5.26 Å². The molecule has 0 bridgehead atoms. The van der Waals surface area contributed by atoms with Gasteiger partial charge in [-0.2, -0.15) is 5.26 Å². The van der Waals surface area contributed by atoms with Crippen molar-refractivity contribution < 1.29 is 4.74 Å². The number of halogens is 1. The van der Waals surface area contributed by atoms with E-state index in [1.165, 1.54) is 6.20 Å². The maximum atomic E-state index is 9.52. The van der Waals surface area contributed by atoms with Crippen molar-refractivity contribution in [1.29, 1.82) is 5.26 Å². The van der Waals surface area contributed by atoms with Crippen molar-refractivity contribution in [2.45, 2.75) is 13.5 Å². The molecule has 0 amide bonds. The number of nitrogen functional groups attached to an aromatic ring is 1. The normalized spacial score (nSPS) is 10.6. The molecular formula is C23H18ClN5O. The van der Waals surface area contributed by atoms with Crippen molar-refractivity contribution in [3.63, 3.8) is 0 Å². The molecule has 2 aromatic carbocycles. The SMILES string of the molecule is Cc1cccnc1COc1ccc(Nc2c(C#N)cnc3ccc(N)cc23)c(Cl)c1. The first-order valence-corrected chi connectivity index (χ1v) is 9.61. The number of aryl methyl sites for hydroxylation is 1. The monoisotopic (exact) mass is 415 g/mol. The minimum Gasteiger partial charge on any atom is -0.487 e. The van der Waals surface area contributed by atoms with E-state index in [0.717, 1.165) is 22.2 Å². The van der Waals surface area contributed by atoms with Gasteiger partial charge in [-0.05, 0) is 48.9 Å². The maximum Gasteiger partial charge on any atom is 0.130 e. The highest BCUT2D eigenvalue weighted by atomic mass is 35.5. The second kappa shape index (κ2) is 8.27. The molecule has 0 aliphatic carbocycles. The van der Waals surface area contributed by atoms with Crippen LogP contribution in [-0.4, -0.2) is 9.97 Å². The van der Waals surface area contributed by atoms with Crippen molar-refractivity contribution in [2.75, 3.05) is 11.1 Å². The van der Waals surface area contributed by atoms with E-state index < -0.39 is 0 Å². The smallest absolute Gasteiger partial charge is 0.130 e. The first-order chi connectivity index (χ1) is 14.5. The van der Waals surface area contributed by atoms with Crippen LogP contribution in [0.15, 0.2) is 60.9 Å². The molecule has 148 valence electrons. The van der Waals surface area contributed by atoms with Crippen LogP contribution in [0.3, 0.4) is 0 Å². The third-order valence-corrected chi connectivity index (χ3v) is 5.02. The summed E-state index contributed by atoms with van der Waals surface area (Å²) in [5.41, 5.74) is 10.8. The fraction of sp³-hybridized carbons (Fsp3) is 0.0870. The lowest BCUT2D eigenvalue weighted by Gasteiger charge is -2.14. The van der Waals surface area contributed by atoms with E-state index in [-0.39, 0.29) is 0 Å². The molecule has 3 N–H and O–H groups in total. The summed E-state index contributed by atoms with van der Waals surface area (Å²) in [7, 11) is 0. The zero-order valence-electron chi connectivity index (χ0n) is 16.2. The van der Waals surface area contributed by atoms with Gasteiger partial charge in [-0.25, -0.2) is 0 Å². The van der Waals surface area contributed by atoms with Crippen LogP contribution in [0.2, 0.25) is 5.02 Å². The molecule has 7 heteroatoms. The van der Waals surface area contributed by atoms with Crippen LogP contribution in [0.4, 0.5) is 17.1 Å². The molecule has 0 unspecified atom stereocenters. The van der Waals surface area contributed by atoms with Crippen LogP contribution in [0.5, 0.6) is 5.75 Å².